The van der Waals surface area contributed by atoms with Gasteiger partial charge in [0.2, 0.25) is 0 Å². The highest BCUT2D eigenvalue weighted by atomic mass is 19.1. The molecule has 0 aromatic heterocycles. The molecular formula is C11H14FNO3. The average molecular weight is 227 g/mol. The summed E-state index contributed by atoms with van der Waals surface area (Å²) in [6, 6.07) is 3.22. The number of rotatable bonds is 5. The second-order valence-electron chi connectivity index (χ2n) is 3.18. The van der Waals surface area contributed by atoms with Crippen molar-refractivity contribution in [3.05, 3.63) is 29.6 Å². The van der Waals surface area contributed by atoms with Crippen LogP contribution in [-0.4, -0.2) is 24.7 Å². The summed E-state index contributed by atoms with van der Waals surface area (Å²) in [5.41, 5.74) is 0.357. The van der Waals surface area contributed by atoms with Gasteiger partial charge in [0.1, 0.15) is 6.04 Å². The van der Waals surface area contributed by atoms with Crippen LogP contribution in [0.4, 0.5) is 4.39 Å². The monoisotopic (exact) mass is 227 g/mol. The van der Waals surface area contributed by atoms with Gasteiger partial charge in [0.05, 0.1) is 6.61 Å². The van der Waals surface area contributed by atoms with Crippen LogP contribution in [0.3, 0.4) is 0 Å². The Balaban J connectivity index is 2.99. The van der Waals surface area contributed by atoms with E-state index >= 15 is 0 Å². The topological polar surface area (TPSA) is 58.6 Å². The van der Waals surface area contributed by atoms with Gasteiger partial charge in [-0.3, -0.25) is 4.79 Å². The number of hydrogen-bond acceptors (Lipinski definition) is 3. The molecule has 0 saturated heterocycles. The molecule has 0 aliphatic heterocycles. The summed E-state index contributed by atoms with van der Waals surface area (Å²) in [6.45, 7) is 2.12. The van der Waals surface area contributed by atoms with Crippen molar-refractivity contribution in [1.82, 2.24) is 5.32 Å². The number of carbonyl (C=O) groups is 1. The van der Waals surface area contributed by atoms with Gasteiger partial charge in [-0.25, -0.2) is 4.39 Å². The summed E-state index contributed by atoms with van der Waals surface area (Å²) in [4.78, 5) is 10.8. The van der Waals surface area contributed by atoms with Crippen molar-refractivity contribution in [1.29, 1.82) is 0 Å². The minimum atomic E-state index is -1.05. The van der Waals surface area contributed by atoms with Crippen LogP contribution in [0.5, 0.6) is 5.75 Å². The van der Waals surface area contributed by atoms with Crippen molar-refractivity contribution in [2.24, 2.45) is 0 Å². The molecule has 16 heavy (non-hydrogen) atoms. The van der Waals surface area contributed by atoms with Crippen molar-refractivity contribution < 1.29 is 19.0 Å². The van der Waals surface area contributed by atoms with Gasteiger partial charge in [0, 0.05) is 0 Å². The maximum Gasteiger partial charge on any atom is 0.325 e. The van der Waals surface area contributed by atoms with E-state index in [0.29, 0.717) is 12.2 Å². The van der Waals surface area contributed by atoms with Gasteiger partial charge in [-0.1, -0.05) is 6.07 Å². The first kappa shape index (κ1) is 12.4. The van der Waals surface area contributed by atoms with Gasteiger partial charge in [-0.2, -0.15) is 0 Å². The fraction of sp³-hybridized carbons (Fsp3) is 0.364. The predicted molar refractivity (Wildman–Crippen MR) is 57.0 cm³/mol. The van der Waals surface area contributed by atoms with Crippen LogP contribution in [-0.2, 0) is 4.79 Å². The number of carboxylic acid groups (broad SMARTS) is 1. The Morgan fingerprint density at radius 3 is 2.75 bits per heavy atom. The van der Waals surface area contributed by atoms with E-state index in [4.69, 9.17) is 9.84 Å². The molecule has 0 spiro atoms. The third-order valence-corrected chi connectivity index (χ3v) is 2.12. The zero-order valence-electron chi connectivity index (χ0n) is 9.16. The molecule has 1 atom stereocenters. The molecule has 0 amide bonds. The summed E-state index contributed by atoms with van der Waals surface area (Å²) in [5, 5.41) is 11.5. The maximum atomic E-state index is 13.5. The van der Waals surface area contributed by atoms with Gasteiger partial charge in [-0.15, -0.1) is 0 Å². The fourth-order valence-corrected chi connectivity index (χ4v) is 1.40. The molecule has 0 saturated carbocycles. The first-order valence-electron chi connectivity index (χ1n) is 4.92. The van der Waals surface area contributed by atoms with Crippen LogP contribution in [0.15, 0.2) is 18.2 Å². The van der Waals surface area contributed by atoms with E-state index in [2.05, 4.69) is 5.32 Å². The van der Waals surface area contributed by atoms with E-state index in [9.17, 15) is 9.18 Å². The number of likely N-dealkylation sites (N-methyl/N-ethyl adjacent to an activating group) is 1. The number of ether oxygens (including phenoxy) is 1. The van der Waals surface area contributed by atoms with Gasteiger partial charge >= 0.3 is 5.97 Å². The number of aliphatic carboxylic acids is 1. The lowest BCUT2D eigenvalue weighted by molar-refractivity contribution is -0.139. The van der Waals surface area contributed by atoms with E-state index in [1.165, 1.54) is 25.2 Å². The molecular weight excluding hydrogens is 213 g/mol. The van der Waals surface area contributed by atoms with Crippen LogP contribution in [0.25, 0.3) is 0 Å². The lowest BCUT2D eigenvalue weighted by Gasteiger charge is -2.12. The predicted octanol–water partition coefficient (Wildman–Crippen LogP) is 1.57. The Hall–Kier alpha value is -1.62. The third kappa shape index (κ3) is 2.70. The summed E-state index contributed by atoms with van der Waals surface area (Å²) < 4.78 is 18.5. The molecule has 0 aliphatic carbocycles. The molecule has 0 radical (unpaired) electrons. The summed E-state index contributed by atoms with van der Waals surface area (Å²) in [6.07, 6.45) is 0. The molecule has 1 aromatic rings. The minimum Gasteiger partial charge on any atom is -0.491 e. The number of nitrogens with one attached hydrogen (secondary N) is 1. The smallest absolute Gasteiger partial charge is 0.325 e. The number of carboxylic acids is 1. The molecule has 0 bridgehead atoms. The van der Waals surface area contributed by atoms with Crippen molar-refractivity contribution in [3.63, 3.8) is 0 Å². The maximum absolute atomic E-state index is 13.5. The largest absolute Gasteiger partial charge is 0.491 e. The van der Waals surface area contributed by atoms with Gasteiger partial charge in [0.25, 0.3) is 0 Å². The second-order valence-corrected chi connectivity index (χ2v) is 3.18. The Morgan fingerprint density at radius 1 is 1.62 bits per heavy atom. The highest BCUT2D eigenvalue weighted by molar-refractivity contribution is 5.75. The molecule has 1 rings (SSSR count). The Labute approximate surface area is 93.0 Å². The molecule has 0 aliphatic rings. The first-order chi connectivity index (χ1) is 7.60. The number of hydrogen-bond donors (Lipinski definition) is 2. The van der Waals surface area contributed by atoms with Gasteiger partial charge in [-0.05, 0) is 31.7 Å². The van der Waals surface area contributed by atoms with E-state index in [1.807, 2.05) is 0 Å². The van der Waals surface area contributed by atoms with E-state index in [-0.39, 0.29) is 5.75 Å². The zero-order valence-corrected chi connectivity index (χ0v) is 9.16. The van der Waals surface area contributed by atoms with Crippen LogP contribution < -0.4 is 10.1 Å². The van der Waals surface area contributed by atoms with E-state index in [1.54, 1.807) is 6.92 Å². The first-order valence-corrected chi connectivity index (χ1v) is 4.92. The number of benzene rings is 1. The Morgan fingerprint density at radius 2 is 2.31 bits per heavy atom. The van der Waals surface area contributed by atoms with Crippen LogP contribution >= 0.6 is 0 Å². The molecule has 88 valence electrons. The molecule has 1 unspecified atom stereocenters. The molecule has 2 N–H and O–H groups in total. The summed E-state index contributed by atoms with van der Waals surface area (Å²) >= 11 is 0. The van der Waals surface area contributed by atoms with Crippen LogP contribution in [0, 0.1) is 5.82 Å². The van der Waals surface area contributed by atoms with Crippen LogP contribution in [0.2, 0.25) is 0 Å². The molecule has 4 nitrogen and oxygen atoms in total. The fourth-order valence-electron chi connectivity index (χ4n) is 1.40. The van der Waals surface area contributed by atoms with E-state index in [0.717, 1.165) is 0 Å². The summed E-state index contributed by atoms with van der Waals surface area (Å²) in [5.74, 6) is -1.47. The third-order valence-electron chi connectivity index (χ3n) is 2.12. The zero-order chi connectivity index (χ0) is 12.1. The second kappa shape index (κ2) is 5.46. The van der Waals surface area contributed by atoms with Crippen LogP contribution in [0.1, 0.15) is 18.5 Å². The minimum absolute atomic E-state index is 0.131. The normalized spacial score (nSPS) is 12.2. The van der Waals surface area contributed by atoms with Crippen molar-refractivity contribution in [2.75, 3.05) is 13.7 Å². The van der Waals surface area contributed by atoms with Gasteiger partial charge < -0.3 is 15.2 Å². The molecule has 1 aromatic carbocycles. The molecule has 0 heterocycles. The summed E-state index contributed by atoms with van der Waals surface area (Å²) in [7, 11) is 1.51. The molecule has 5 heteroatoms. The standard InChI is InChI=1S/C11H14FNO3/c1-3-16-9-5-4-7(6-8(9)12)10(13-2)11(14)15/h4-6,10,13H,3H2,1-2H3,(H,14,15). The SMILES string of the molecule is CCOc1ccc(C(NC)C(=O)O)cc1F. The van der Waals surface area contributed by atoms with Crippen molar-refractivity contribution in [3.8, 4) is 5.75 Å². The molecule has 0 fully saturated rings. The van der Waals surface area contributed by atoms with Crippen molar-refractivity contribution in [2.45, 2.75) is 13.0 Å². The van der Waals surface area contributed by atoms with Crippen molar-refractivity contribution >= 4 is 5.97 Å². The van der Waals surface area contributed by atoms with Gasteiger partial charge in [0.15, 0.2) is 11.6 Å². The average Bonchev–Trinajstić information content (AvgIpc) is 2.22. The lowest BCUT2D eigenvalue weighted by atomic mass is 10.1. The highest BCUT2D eigenvalue weighted by Gasteiger charge is 2.18. The van der Waals surface area contributed by atoms with E-state index < -0.39 is 17.8 Å². The lowest BCUT2D eigenvalue weighted by Crippen LogP contribution is -2.25. The number of halogens is 1. The highest BCUT2D eigenvalue weighted by Crippen LogP contribution is 2.22. The Bertz CT molecular complexity index is 381. The Kier molecular flexibility index (Phi) is 4.25. The quantitative estimate of drug-likeness (QED) is 0.801.